The lowest BCUT2D eigenvalue weighted by molar-refractivity contribution is -0.129. The number of rotatable bonds is 10. The number of nitrogens with one attached hydrogen (secondary N) is 2. The fourth-order valence-corrected chi connectivity index (χ4v) is 2.83. The van der Waals surface area contributed by atoms with Crippen LogP contribution in [-0.2, 0) is 20.9 Å². The topological polar surface area (TPSA) is 73.9 Å². The summed E-state index contributed by atoms with van der Waals surface area (Å²) in [5, 5.41) is 5.66. The predicted molar refractivity (Wildman–Crippen MR) is 104 cm³/mol. The van der Waals surface area contributed by atoms with Crippen LogP contribution in [0.15, 0.2) is 54.2 Å². The normalized spacial score (nSPS) is 16.0. The molecule has 2 N–H and O–H groups in total. The van der Waals surface area contributed by atoms with Crippen LogP contribution in [0.3, 0.4) is 0 Å². The molecule has 7 nitrogen and oxygen atoms in total. The Kier molecular flexibility index (Phi) is 7.28. The zero-order valence-electron chi connectivity index (χ0n) is 16.2. The average molecular weight is 372 g/mol. The van der Waals surface area contributed by atoms with Crippen LogP contribution in [0.25, 0.3) is 0 Å². The lowest BCUT2D eigenvalue weighted by Crippen LogP contribution is -2.42. The van der Waals surface area contributed by atoms with Gasteiger partial charge < -0.3 is 25.2 Å². The van der Waals surface area contributed by atoms with Gasteiger partial charge in [0, 0.05) is 20.1 Å². The van der Waals surface area contributed by atoms with Gasteiger partial charge >= 0.3 is 0 Å². The van der Waals surface area contributed by atoms with Crippen LogP contribution in [0.1, 0.15) is 32.3 Å². The minimum Gasteiger partial charge on any atom is -0.458 e. The van der Waals surface area contributed by atoms with E-state index < -0.39 is 6.35 Å². The highest BCUT2D eigenvalue weighted by Crippen LogP contribution is 2.25. The highest BCUT2D eigenvalue weighted by molar-refractivity contribution is 5.94. The predicted octanol–water partition coefficient (Wildman–Crippen LogP) is 2.10. The van der Waals surface area contributed by atoms with Crippen LogP contribution < -0.4 is 10.6 Å². The van der Waals surface area contributed by atoms with Crippen molar-refractivity contribution < 1.29 is 14.3 Å². The number of hydrogen-bond acceptors (Lipinski definition) is 5. The van der Waals surface area contributed by atoms with Crippen molar-refractivity contribution >= 4 is 12.3 Å². The summed E-state index contributed by atoms with van der Waals surface area (Å²) in [6.07, 6.45) is 1.81. The fraction of sp³-hybridized carbons (Fsp3) is 0.400. The van der Waals surface area contributed by atoms with Gasteiger partial charge in [0.2, 0.25) is 6.41 Å². The first-order chi connectivity index (χ1) is 13.0. The molecule has 1 aliphatic heterocycles. The number of carbonyl (C=O) groups is 2. The zero-order valence-corrected chi connectivity index (χ0v) is 16.2. The Labute approximate surface area is 160 Å². The third-order valence-electron chi connectivity index (χ3n) is 4.18. The third-order valence-corrected chi connectivity index (χ3v) is 4.18. The van der Waals surface area contributed by atoms with E-state index in [0.717, 1.165) is 18.4 Å². The van der Waals surface area contributed by atoms with E-state index in [2.05, 4.69) is 24.1 Å². The summed E-state index contributed by atoms with van der Waals surface area (Å²) in [5.74, 6) is 0.661. The third kappa shape index (κ3) is 5.26. The molecular formula is C20H28N4O3. The molecule has 2 rings (SSSR count). The van der Waals surface area contributed by atoms with Crippen molar-refractivity contribution in [2.75, 3.05) is 13.6 Å². The van der Waals surface area contributed by atoms with E-state index in [0.29, 0.717) is 36.8 Å². The number of likely N-dealkylation sites (N-methyl/N-ethyl adjacent to an activating group) is 1. The van der Waals surface area contributed by atoms with Gasteiger partial charge in [0.1, 0.15) is 11.5 Å². The molecule has 1 atom stereocenters. The van der Waals surface area contributed by atoms with Crippen molar-refractivity contribution in [3.05, 3.63) is 59.8 Å². The molecule has 0 fully saturated rings. The first-order valence-electron chi connectivity index (χ1n) is 9.07. The van der Waals surface area contributed by atoms with Crippen LogP contribution in [0.5, 0.6) is 0 Å². The zero-order chi connectivity index (χ0) is 19.8. The fourth-order valence-electron chi connectivity index (χ4n) is 2.83. The molecule has 27 heavy (non-hydrogen) atoms. The molecule has 1 aliphatic rings. The molecule has 7 heteroatoms. The molecule has 2 amide bonds. The quantitative estimate of drug-likeness (QED) is 0.486. The molecule has 146 valence electrons. The molecule has 1 heterocycles. The summed E-state index contributed by atoms with van der Waals surface area (Å²) in [4.78, 5) is 27.7. The van der Waals surface area contributed by atoms with E-state index in [4.69, 9.17) is 4.74 Å². The summed E-state index contributed by atoms with van der Waals surface area (Å²) in [7, 11) is 1.76. The number of amides is 2. The van der Waals surface area contributed by atoms with Crippen LogP contribution >= 0.6 is 0 Å². The van der Waals surface area contributed by atoms with Gasteiger partial charge in [-0.1, -0.05) is 50.3 Å². The van der Waals surface area contributed by atoms with Crippen LogP contribution in [0.4, 0.5) is 0 Å². The van der Waals surface area contributed by atoms with E-state index >= 15 is 0 Å². The monoisotopic (exact) mass is 372 g/mol. The largest absolute Gasteiger partial charge is 0.458 e. The first-order valence-corrected chi connectivity index (χ1v) is 9.07. The molecule has 0 aliphatic carbocycles. The molecule has 0 saturated carbocycles. The van der Waals surface area contributed by atoms with Gasteiger partial charge in [0.25, 0.3) is 12.3 Å². The second kappa shape index (κ2) is 9.66. The Bertz CT molecular complexity index is 702. The summed E-state index contributed by atoms with van der Waals surface area (Å²) < 4.78 is 5.77. The Balaban J connectivity index is 2.36. The van der Waals surface area contributed by atoms with Crippen molar-refractivity contribution in [2.24, 2.45) is 0 Å². The molecule has 1 aromatic rings. The minimum absolute atomic E-state index is 0.177. The minimum atomic E-state index is -0.635. The SMILES string of the molecule is C=C(C)OC1NC(NC=O)=C(C(=O)N(C)CCCC)N1Cc1ccccc1. The lowest BCUT2D eigenvalue weighted by Gasteiger charge is -2.30. The van der Waals surface area contributed by atoms with Gasteiger partial charge in [-0.25, -0.2) is 0 Å². The van der Waals surface area contributed by atoms with E-state index in [9.17, 15) is 9.59 Å². The highest BCUT2D eigenvalue weighted by atomic mass is 16.5. The summed E-state index contributed by atoms with van der Waals surface area (Å²) >= 11 is 0. The van der Waals surface area contributed by atoms with Gasteiger partial charge in [0.05, 0.1) is 5.76 Å². The second-order valence-electron chi connectivity index (χ2n) is 6.50. The Morgan fingerprint density at radius 2 is 2.11 bits per heavy atom. The molecule has 0 spiro atoms. The van der Waals surface area contributed by atoms with Gasteiger partial charge in [0.15, 0.2) is 0 Å². The van der Waals surface area contributed by atoms with Gasteiger partial charge in [-0.2, -0.15) is 0 Å². The number of ether oxygens (including phenoxy) is 1. The maximum absolute atomic E-state index is 13.1. The van der Waals surface area contributed by atoms with Crippen molar-refractivity contribution in [1.82, 2.24) is 20.4 Å². The van der Waals surface area contributed by atoms with E-state index in [1.165, 1.54) is 0 Å². The Morgan fingerprint density at radius 3 is 2.70 bits per heavy atom. The van der Waals surface area contributed by atoms with E-state index in [1.807, 2.05) is 30.3 Å². The standard InChI is InChI=1S/C20H28N4O3/c1-5-6-12-23(4)19(26)17-18(21-14-25)22-20(27-15(2)3)24(17)13-16-10-8-7-9-11-16/h7-11,14,20,22H,2,5-6,12-13H2,1,3-4H3,(H,21,25). The second-order valence-corrected chi connectivity index (χ2v) is 6.50. The molecule has 1 aromatic carbocycles. The average Bonchev–Trinajstić information content (AvgIpc) is 2.96. The van der Waals surface area contributed by atoms with Gasteiger partial charge in [-0.3, -0.25) is 9.59 Å². The number of hydrogen-bond donors (Lipinski definition) is 2. The smallest absolute Gasteiger partial charge is 0.273 e. The van der Waals surface area contributed by atoms with Gasteiger partial charge in [-0.05, 0) is 18.9 Å². The molecular weight excluding hydrogens is 344 g/mol. The Hall–Kier alpha value is -2.96. The number of allylic oxidation sites excluding steroid dienone is 1. The molecule has 0 saturated heterocycles. The first kappa shape index (κ1) is 20.4. The van der Waals surface area contributed by atoms with Crippen molar-refractivity contribution in [3.8, 4) is 0 Å². The van der Waals surface area contributed by atoms with Crippen molar-refractivity contribution in [2.45, 2.75) is 39.6 Å². The number of nitrogens with zero attached hydrogens (tertiary/aromatic N) is 2. The summed E-state index contributed by atoms with van der Waals surface area (Å²) in [6, 6.07) is 9.78. The van der Waals surface area contributed by atoms with E-state index in [-0.39, 0.29) is 5.91 Å². The maximum Gasteiger partial charge on any atom is 0.273 e. The van der Waals surface area contributed by atoms with Gasteiger partial charge in [-0.15, -0.1) is 0 Å². The van der Waals surface area contributed by atoms with Crippen molar-refractivity contribution in [3.63, 3.8) is 0 Å². The molecule has 0 aromatic heterocycles. The number of carbonyl (C=O) groups excluding carboxylic acids is 2. The lowest BCUT2D eigenvalue weighted by atomic mass is 10.2. The maximum atomic E-state index is 13.1. The number of benzene rings is 1. The van der Waals surface area contributed by atoms with Crippen LogP contribution in [-0.4, -0.2) is 42.1 Å². The van der Waals surface area contributed by atoms with Crippen LogP contribution in [0.2, 0.25) is 0 Å². The molecule has 0 radical (unpaired) electrons. The van der Waals surface area contributed by atoms with Crippen LogP contribution in [0, 0.1) is 0 Å². The highest BCUT2D eigenvalue weighted by Gasteiger charge is 2.38. The Morgan fingerprint density at radius 1 is 1.41 bits per heavy atom. The molecule has 1 unspecified atom stereocenters. The molecule has 0 bridgehead atoms. The van der Waals surface area contributed by atoms with Crippen molar-refractivity contribution in [1.29, 1.82) is 0 Å². The number of unbranched alkanes of at least 4 members (excludes halogenated alkanes) is 1. The summed E-state index contributed by atoms with van der Waals surface area (Å²) in [5.41, 5.74) is 1.39. The van der Waals surface area contributed by atoms with E-state index in [1.54, 1.807) is 23.8 Å². The summed E-state index contributed by atoms with van der Waals surface area (Å²) in [6.45, 7) is 8.68.